The number of hydrogen-bond donors (Lipinski definition) is 0. The number of rotatable bonds is 6. The Labute approximate surface area is 156 Å². The molecule has 4 nitrogen and oxygen atoms in total. The summed E-state index contributed by atoms with van der Waals surface area (Å²) in [7, 11) is 0. The van der Waals surface area contributed by atoms with Crippen molar-refractivity contribution in [3.63, 3.8) is 0 Å². The summed E-state index contributed by atoms with van der Waals surface area (Å²) in [5, 5.41) is 0. The van der Waals surface area contributed by atoms with Gasteiger partial charge in [0.15, 0.2) is 6.29 Å². The molecule has 132 valence electrons. The Morgan fingerprint density at radius 3 is 2.48 bits per heavy atom. The van der Waals surface area contributed by atoms with Crippen LogP contribution < -0.4 is 4.74 Å². The summed E-state index contributed by atoms with van der Waals surface area (Å²) in [6.45, 7) is 5.88. The molecular formula is C20H21BrO4. The van der Waals surface area contributed by atoms with Gasteiger partial charge in [0.2, 0.25) is 0 Å². The number of carbonyl (C=O) groups is 2. The van der Waals surface area contributed by atoms with Crippen molar-refractivity contribution in [2.45, 2.75) is 39.4 Å². The highest BCUT2D eigenvalue weighted by Crippen LogP contribution is 2.28. The van der Waals surface area contributed by atoms with Gasteiger partial charge in [-0.05, 0) is 53.9 Å². The lowest BCUT2D eigenvalue weighted by Crippen LogP contribution is -2.24. The molecule has 0 saturated carbocycles. The van der Waals surface area contributed by atoms with Gasteiger partial charge in [0, 0.05) is 5.56 Å². The summed E-state index contributed by atoms with van der Waals surface area (Å²) in [4.78, 5) is 22.9. The van der Waals surface area contributed by atoms with Crippen LogP contribution in [0, 0.1) is 0 Å². The van der Waals surface area contributed by atoms with E-state index in [0.29, 0.717) is 22.4 Å². The predicted molar refractivity (Wildman–Crippen MR) is 99.9 cm³/mol. The van der Waals surface area contributed by atoms with Crippen LogP contribution in [0.3, 0.4) is 0 Å². The summed E-state index contributed by atoms with van der Waals surface area (Å²) in [5.74, 6) is 0.342. The van der Waals surface area contributed by atoms with Crippen LogP contribution >= 0.6 is 15.9 Å². The molecule has 0 fully saturated rings. The van der Waals surface area contributed by atoms with Crippen LogP contribution in [0.4, 0.5) is 0 Å². The summed E-state index contributed by atoms with van der Waals surface area (Å²) in [5.41, 5.74) is 1.85. The van der Waals surface area contributed by atoms with Crippen LogP contribution in [0.25, 0.3) is 0 Å². The Morgan fingerprint density at radius 2 is 1.80 bits per heavy atom. The van der Waals surface area contributed by atoms with E-state index < -0.39 is 5.60 Å². The van der Waals surface area contributed by atoms with Crippen molar-refractivity contribution in [3.05, 3.63) is 63.6 Å². The maximum absolute atomic E-state index is 11.9. The Hall–Kier alpha value is -2.14. The molecule has 0 aliphatic heterocycles. The monoisotopic (exact) mass is 404 g/mol. The first-order valence-corrected chi connectivity index (χ1v) is 8.74. The summed E-state index contributed by atoms with van der Waals surface area (Å²) in [6, 6.07) is 12.9. The minimum atomic E-state index is -0.492. The number of ether oxygens (including phenoxy) is 2. The lowest BCUT2D eigenvalue weighted by Gasteiger charge is -2.19. The largest absolute Gasteiger partial charge is 0.488 e. The second-order valence-corrected chi connectivity index (χ2v) is 7.44. The molecular weight excluding hydrogens is 384 g/mol. The highest BCUT2D eigenvalue weighted by atomic mass is 79.9. The van der Waals surface area contributed by atoms with Gasteiger partial charge in [-0.2, -0.15) is 0 Å². The van der Waals surface area contributed by atoms with Crippen molar-refractivity contribution in [2.24, 2.45) is 0 Å². The average molecular weight is 405 g/mol. The van der Waals surface area contributed by atoms with Gasteiger partial charge >= 0.3 is 5.97 Å². The van der Waals surface area contributed by atoms with Gasteiger partial charge in [-0.25, -0.2) is 0 Å². The fraction of sp³-hybridized carbons (Fsp3) is 0.300. The molecule has 2 aromatic rings. The van der Waals surface area contributed by atoms with Gasteiger partial charge in [-0.15, -0.1) is 0 Å². The van der Waals surface area contributed by atoms with E-state index in [4.69, 9.17) is 9.47 Å². The zero-order valence-corrected chi connectivity index (χ0v) is 16.1. The maximum Gasteiger partial charge on any atom is 0.310 e. The molecule has 0 heterocycles. The van der Waals surface area contributed by atoms with Gasteiger partial charge in [0.1, 0.15) is 18.0 Å². The third-order valence-electron chi connectivity index (χ3n) is 3.27. The Bertz CT molecular complexity index is 763. The minimum Gasteiger partial charge on any atom is -0.488 e. The second-order valence-electron chi connectivity index (χ2n) is 6.65. The molecule has 0 unspecified atom stereocenters. The van der Waals surface area contributed by atoms with Gasteiger partial charge in [0.05, 0.1) is 10.9 Å². The third-order valence-corrected chi connectivity index (χ3v) is 4.12. The quantitative estimate of drug-likeness (QED) is 0.515. The fourth-order valence-corrected chi connectivity index (χ4v) is 2.74. The molecule has 0 atom stereocenters. The summed E-state index contributed by atoms with van der Waals surface area (Å²) >= 11 is 3.37. The van der Waals surface area contributed by atoms with E-state index >= 15 is 0 Å². The zero-order chi connectivity index (χ0) is 18.4. The smallest absolute Gasteiger partial charge is 0.310 e. The maximum atomic E-state index is 11.9. The SMILES string of the molecule is CC(C)(C)OC(=O)Cc1cccc(COc2cccc(C=O)c2Br)c1. The minimum absolute atomic E-state index is 0.218. The molecule has 0 aliphatic carbocycles. The molecule has 25 heavy (non-hydrogen) atoms. The average Bonchev–Trinajstić information content (AvgIpc) is 2.52. The number of halogens is 1. The van der Waals surface area contributed by atoms with E-state index in [1.54, 1.807) is 18.2 Å². The molecule has 0 N–H and O–H groups in total. The first-order valence-electron chi connectivity index (χ1n) is 7.94. The topological polar surface area (TPSA) is 52.6 Å². The lowest BCUT2D eigenvalue weighted by atomic mass is 10.1. The Balaban J connectivity index is 2.02. The van der Waals surface area contributed by atoms with E-state index in [-0.39, 0.29) is 12.4 Å². The molecule has 2 rings (SSSR count). The van der Waals surface area contributed by atoms with Crippen LogP contribution in [-0.2, 0) is 22.6 Å². The van der Waals surface area contributed by atoms with Crippen molar-refractivity contribution < 1.29 is 19.1 Å². The normalized spacial score (nSPS) is 11.0. The van der Waals surface area contributed by atoms with E-state index in [1.165, 1.54) is 0 Å². The van der Waals surface area contributed by atoms with Crippen LogP contribution in [0.1, 0.15) is 42.3 Å². The van der Waals surface area contributed by atoms with Gasteiger partial charge in [-0.1, -0.05) is 36.4 Å². The lowest BCUT2D eigenvalue weighted by molar-refractivity contribution is -0.153. The molecule has 0 spiro atoms. The highest BCUT2D eigenvalue weighted by molar-refractivity contribution is 9.10. The first-order chi connectivity index (χ1) is 11.8. The highest BCUT2D eigenvalue weighted by Gasteiger charge is 2.16. The number of hydrogen-bond acceptors (Lipinski definition) is 4. The molecule has 0 bridgehead atoms. The summed E-state index contributed by atoms with van der Waals surface area (Å²) < 4.78 is 11.8. The molecule has 0 aliphatic rings. The van der Waals surface area contributed by atoms with Crippen molar-refractivity contribution >= 4 is 28.2 Å². The van der Waals surface area contributed by atoms with E-state index in [9.17, 15) is 9.59 Å². The molecule has 2 aromatic carbocycles. The zero-order valence-electron chi connectivity index (χ0n) is 14.5. The van der Waals surface area contributed by atoms with Crippen molar-refractivity contribution in [1.82, 2.24) is 0 Å². The van der Waals surface area contributed by atoms with Crippen LogP contribution in [-0.4, -0.2) is 17.9 Å². The van der Waals surface area contributed by atoms with Gasteiger partial charge < -0.3 is 9.47 Å². The van der Waals surface area contributed by atoms with Crippen LogP contribution in [0.15, 0.2) is 46.9 Å². The summed E-state index contributed by atoms with van der Waals surface area (Å²) in [6.07, 6.45) is 0.994. The molecule has 0 amide bonds. The Morgan fingerprint density at radius 1 is 1.12 bits per heavy atom. The standard InChI is InChI=1S/C20H21BrO4/c1-20(2,3)25-18(23)11-14-6-4-7-15(10-14)13-24-17-9-5-8-16(12-22)19(17)21/h4-10,12H,11,13H2,1-3H3. The molecule has 0 aromatic heterocycles. The van der Waals surface area contributed by atoms with Gasteiger partial charge in [-0.3, -0.25) is 9.59 Å². The van der Waals surface area contributed by atoms with E-state index in [1.807, 2.05) is 45.0 Å². The second kappa shape index (κ2) is 8.30. The molecule has 0 radical (unpaired) electrons. The molecule has 5 heteroatoms. The Kier molecular flexibility index (Phi) is 6.37. The van der Waals surface area contributed by atoms with Crippen molar-refractivity contribution in [2.75, 3.05) is 0 Å². The van der Waals surface area contributed by atoms with Crippen LogP contribution in [0.2, 0.25) is 0 Å². The van der Waals surface area contributed by atoms with Crippen LogP contribution in [0.5, 0.6) is 5.75 Å². The first kappa shape index (κ1) is 19.2. The fourth-order valence-electron chi connectivity index (χ4n) is 2.26. The predicted octanol–water partition coefficient (Wildman–Crippen LogP) is 4.72. The number of carbonyl (C=O) groups excluding carboxylic acids is 2. The van der Waals surface area contributed by atoms with E-state index in [2.05, 4.69) is 15.9 Å². The number of esters is 1. The number of benzene rings is 2. The number of aldehydes is 1. The van der Waals surface area contributed by atoms with Gasteiger partial charge in [0.25, 0.3) is 0 Å². The third kappa shape index (κ3) is 6.02. The van der Waals surface area contributed by atoms with Crippen molar-refractivity contribution in [3.8, 4) is 5.75 Å². The van der Waals surface area contributed by atoms with E-state index in [0.717, 1.165) is 17.4 Å². The molecule has 0 saturated heterocycles. The van der Waals surface area contributed by atoms with Crippen molar-refractivity contribution in [1.29, 1.82) is 0 Å².